The molecule has 5 heteroatoms. The zero-order valence-electron chi connectivity index (χ0n) is 6.87. The molecule has 70 valence electrons. The van der Waals surface area contributed by atoms with Gasteiger partial charge in [-0.3, -0.25) is 9.78 Å². The molecule has 0 aliphatic carbocycles. The Morgan fingerprint density at radius 2 is 2.07 bits per heavy atom. The zero-order valence-corrected chi connectivity index (χ0v) is 9.21. The molecule has 0 saturated carbocycles. The van der Waals surface area contributed by atoms with Gasteiger partial charge in [0.1, 0.15) is 10.8 Å². The van der Waals surface area contributed by atoms with Gasteiger partial charge in [-0.1, -0.05) is 11.6 Å². The van der Waals surface area contributed by atoms with Crippen molar-refractivity contribution in [1.29, 1.82) is 0 Å². The van der Waals surface area contributed by atoms with E-state index >= 15 is 0 Å². The number of rotatable bonds is 1. The summed E-state index contributed by atoms with van der Waals surface area (Å²) in [5.41, 5.74) is 0.368. The van der Waals surface area contributed by atoms with Gasteiger partial charge >= 0.3 is 0 Å². The summed E-state index contributed by atoms with van der Waals surface area (Å²) in [5, 5.41) is 1.92. The quantitative estimate of drug-likeness (QED) is 0.592. The van der Waals surface area contributed by atoms with Crippen molar-refractivity contribution >= 4 is 44.6 Å². The fourth-order valence-corrected chi connectivity index (χ4v) is 1.78. The molecule has 2 aromatic heterocycles. The van der Waals surface area contributed by atoms with E-state index in [4.69, 9.17) is 11.6 Å². The lowest BCUT2D eigenvalue weighted by atomic mass is 10.2. The van der Waals surface area contributed by atoms with Gasteiger partial charge in [-0.25, -0.2) is 4.98 Å². The van der Waals surface area contributed by atoms with E-state index < -0.39 is 0 Å². The van der Waals surface area contributed by atoms with Crippen molar-refractivity contribution in [3.63, 3.8) is 0 Å². The van der Waals surface area contributed by atoms with E-state index in [-0.39, 0.29) is 0 Å². The molecule has 0 atom stereocenters. The second-order valence-corrected chi connectivity index (χ2v) is 3.90. The van der Waals surface area contributed by atoms with Crippen LogP contribution in [0.3, 0.4) is 0 Å². The Morgan fingerprint density at radius 1 is 1.29 bits per heavy atom. The molecule has 14 heavy (non-hydrogen) atoms. The molecule has 2 heterocycles. The number of hydrogen-bond donors (Lipinski definition) is 0. The summed E-state index contributed by atoms with van der Waals surface area (Å²) in [5.74, 6) is 0. The maximum Gasteiger partial charge on any atom is 0.169 e. The molecular formula is C9H4BrClN2O. The minimum atomic E-state index is 0.368. The van der Waals surface area contributed by atoms with Crippen LogP contribution < -0.4 is 0 Å². The number of aldehydes is 1. The van der Waals surface area contributed by atoms with Crippen molar-refractivity contribution in [1.82, 2.24) is 9.97 Å². The Labute approximate surface area is 93.2 Å². The average Bonchev–Trinajstić information content (AvgIpc) is 2.19. The molecule has 0 spiro atoms. The molecule has 0 saturated heterocycles. The van der Waals surface area contributed by atoms with Gasteiger partial charge in [-0.05, 0) is 22.0 Å². The molecule has 0 aliphatic heterocycles. The molecule has 2 rings (SSSR count). The third-order valence-electron chi connectivity index (χ3n) is 1.83. The fraction of sp³-hybridized carbons (Fsp3) is 0. The van der Waals surface area contributed by atoms with Crippen LogP contribution in [0.1, 0.15) is 10.5 Å². The van der Waals surface area contributed by atoms with E-state index in [2.05, 4.69) is 25.9 Å². The molecule has 3 nitrogen and oxygen atoms in total. The molecule has 0 aromatic carbocycles. The highest BCUT2D eigenvalue weighted by Gasteiger charge is 2.06. The van der Waals surface area contributed by atoms with Crippen LogP contribution >= 0.6 is 27.5 Å². The Hall–Kier alpha value is -1.00. The summed E-state index contributed by atoms with van der Waals surface area (Å²) in [4.78, 5) is 18.5. The number of nitrogens with zero attached hydrogens (tertiary/aromatic N) is 2. The number of pyridine rings is 2. The number of halogens is 2. The van der Waals surface area contributed by atoms with Gasteiger partial charge in [-0.15, -0.1) is 0 Å². The van der Waals surface area contributed by atoms with E-state index in [1.165, 1.54) is 0 Å². The van der Waals surface area contributed by atoms with E-state index in [0.717, 1.165) is 9.86 Å². The van der Waals surface area contributed by atoms with Crippen molar-refractivity contribution < 1.29 is 4.79 Å². The summed E-state index contributed by atoms with van der Waals surface area (Å²) in [6, 6.07) is 1.69. The monoisotopic (exact) mass is 270 g/mol. The first-order valence-electron chi connectivity index (χ1n) is 3.77. The summed E-state index contributed by atoms with van der Waals surface area (Å²) < 4.78 is 0.794. The Kier molecular flexibility index (Phi) is 2.48. The number of aromatic nitrogens is 2. The predicted octanol–water partition coefficient (Wildman–Crippen LogP) is 2.86. The number of fused-ring (bicyclic) bond motifs is 1. The van der Waals surface area contributed by atoms with Crippen LogP contribution in [0.5, 0.6) is 0 Å². The summed E-state index contributed by atoms with van der Waals surface area (Å²) in [7, 11) is 0. The van der Waals surface area contributed by atoms with Crippen LogP contribution in [-0.2, 0) is 0 Å². The highest BCUT2D eigenvalue weighted by molar-refractivity contribution is 9.10. The van der Waals surface area contributed by atoms with Gasteiger partial charge in [0.05, 0.1) is 0 Å². The second-order valence-electron chi connectivity index (χ2n) is 2.66. The first-order valence-corrected chi connectivity index (χ1v) is 4.94. The minimum Gasteiger partial charge on any atom is -0.296 e. The first kappa shape index (κ1) is 9.55. The zero-order chi connectivity index (χ0) is 10.1. The molecular weight excluding hydrogens is 267 g/mol. The lowest BCUT2D eigenvalue weighted by Gasteiger charge is -2.01. The first-order chi connectivity index (χ1) is 6.72. The van der Waals surface area contributed by atoms with Gasteiger partial charge in [0.25, 0.3) is 0 Å². The molecule has 0 bridgehead atoms. The summed E-state index contributed by atoms with van der Waals surface area (Å²) in [6.45, 7) is 0. The lowest BCUT2D eigenvalue weighted by molar-refractivity contribution is 0.112. The van der Waals surface area contributed by atoms with Crippen molar-refractivity contribution in [3.05, 3.63) is 33.8 Å². The summed E-state index contributed by atoms with van der Waals surface area (Å²) in [6.07, 6.45) is 3.81. The van der Waals surface area contributed by atoms with E-state index in [0.29, 0.717) is 22.5 Å². The maximum atomic E-state index is 10.7. The van der Waals surface area contributed by atoms with Crippen LogP contribution in [-0.4, -0.2) is 16.3 Å². The molecule has 0 N–H and O–H groups in total. The maximum absolute atomic E-state index is 10.7. The van der Waals surface area contributed by atoms with Crippen molar-refractivity contribution in [2.45, 2.75) is 0 Å². The van der Waals surface area contributed by atoms with Crippen LogP contribution in [0.25, 0.3) is 10.8 Å². The van der Waals surface area contributed by atoms with Crippen LogP contribution in [0.4, 0.5) is 0 Å². The van der Waals surface area contributed by atoms with E-state index in [1.807, 2.05) is 0 Å². The molecule has 0 radical (unpaired) electrons. The Bertz CT molecular complexity index is 515. The van der Waals surface area contributed by atoms with E-state index in [9.17, 15) is 4.79 Å². The lowest BCUT2D eigenvalue weighted by Crippen LogP contribution is -1.90. The van der Waals surface area contributed by atoms with Crippen molar-refractivity contribution in [3.8, 4) is 0 Å². The number of carbonyl (C=O) groups excluding carboxylic acids is 1. The van der Waals surface area contributed by atoms with Crippen LogP contribution in [0.15, 0.2) is 22.9 Å². The van der Waals surface area contributed by atoms with Gasteiger partial charge in [0, 0.05) is 27.6 Å². The number of hydrogen-bond acceptors (Lipinski definition) is 3. The van der Waals surface area contributed by atoms with E-state index in [1.54, 1.807) is 18.5 Å². The predicted molar refractivity (Wildman–Crippen MR) is 57.6 cm³/mol. The molecule has 0 aliphatic rings. The van der Waals surface area contributed by atoms with Crippen molar-refractivity contribution in [2.24, 2.45) is 0 Å². The summed E-state index contributed by atoms with van der Waals surface area (Å²) >= 11 is 9.08. The average molecular weight is 272 g/mol. The van der Waals surface area contributed by atoms with Crippen molar-refractivity contribution in [2.75, 3.05) is 0 Å². The largest absolute Gasteiger partial charge is 0.296 e. The minimum absolute atomic E-state index is 0.368. The SMILES string of the molecule is O=Cc1ncc(Br)c2cc(Cl)ncc12. The molecule has 0 amide bonds. The molecule has 2 aromatic rings. The smallest absolute Gasteiger partial charge is 0.169 e. The van der Waals surface area contributed by atoms with Gasteiger partial charge in [0.15, 0.2) is 6.29 Å². The third-order valence-corrected chi connectivity index (χ3v) is 2.67. The van der Waals surface area contributed by atoms with Gasteiger partial charge < -0.3 is 0 Å². The topological polar surface area (TPSA) is 42.9 Å². The van der Waals surface area contributed by atoms with Crippen LogP contribution in [0, 0.1) is 0 Å². The molecule has 0 fully saturated rings. The second kappa shape index (κ2) is 3.63. The highest BCUT2D eigenvalue weighted by atomic mass is 79.9. The van der Waals surface area contributed by atoms with Gasteiger partial charge in [-0.2, -0.15) is 0 Å². The standard InChI is InChI=1S/C9H4BrClN2O/c10-7-3-12-8(4-14)6-2-13-9(11)1-5(6)7/h1-4H. The third kappa shape index (κ3) is 1.51. The Morgan fingerprint density at radius 3 is 2.79 bits per heavy atom. The van der Waals surface area contributed by atoms with Crippen LogP contribution in [0.2, 0.25) is 5.15 Å². The Balaban J connectivity index is 2.91. The normalized spacial score (nSPS) is 10.4. The highest BCUT2D eigenvalue weighted by Crippen LogP contribution is 2.25. The fourth-order valence-electron chi connectivity index (χ4n) is 1.19. The molecule has 0 unspecified atom stereocenters. The number of carbonyl (C=O) groups is 1. The van der Waals surface area contributed by atoms with Gasteiger partial charge in [0.2, 0.25) is 0 Å².